The molecular weight excluding hydrogens is 136 g/mol. The minimum atomic E-state index is 0.208. The van der Waals surface area contributed by atoms with Crippen molar-refractivity contribution < 1.29 is 0 Å². The largest absolute Gasteiger partial charge is 0.302 e. The Morgan fingerprint density at radius 1 is 1.27 bits per heavy atom. The molecule has 1 atom stereocenters. The molecule has 0 rings (SSSR count). The molecule has 0 saturated heterocycles. The molecule has 0 fully saturated rings. The highest BCUT2D eigenvalue weighted by Crippen LogP contribution is 1.99. The van der Waals surface area contributed by atoms with Gasteiger partial charge in [0.1, 0.15) is 0 Å². The molecule has 0 bridgehead atoms. The first kappa shape index (κ1) is 10.9. The van der Waals surface area contributed by atoms with Crippen LogP contribution < -0.4 is 10.6 Å². The van der Waals surface area contributed by atoms with Crippen molar-refractivity contribution in [3.8, 4) is 0 Å². The summed E-state index contributed by atoms with van der Waals surface area (Å²) < 4.78 is 0. The minimum absolute atomic E-state index is 0.208. The second-order valence-corrected chi connectivity index (χ2v) is 4.07. The van der Waals surface area contributed by atoms with Crippen molar-refractivity contribution in [2.24, 2.45) is 0 Å². The SMILES string of the molecule is CCCNC(C)NC(C)(C)C. The van der Waals surface area contributed by atoms with Crippen molar-refractivity contribution in [3.05, 3.63) is 0 Å². The fraction of sp³-hybridized carbons (Fsp3) is 1.00. The van der Waals surface area contributed by atoms with Gasteiger partial charge in [0.2, 0.25) is 0 Å². The van der Waals surface area contributed by atoms with Gasteiger partial charge < -0.3 is 5.32 Å². The van der Waals surface area contributed by atoms with Gasteiger partial charge in [-0.05, 0) is 40.7 Å². The molecule has 0 saturated carbocycles. The maximum absolute atomic E-state index is 3.44. The highest BCUT2D eigenvalue weighted by Gasteiger charge is 2.11. The van der Waals surface area contributed by atoms with Gasteiger partial charge in [-0.1, -0.05) is 6.92 Å². The summed E-state index contributed by atoms with van der Waals surface area (Å²) in [6, 6.07) is 0. The molecule has 0 aromatic heterocycles. The van der Waals surface area contributed by atoms with Crippen LogP contribution in [0, 0.1) is 0 Å². The van der Waals surface area contributed by atoms with Gasteiger partial charge in [0.05, 0.1) is 6.17 Å². The molecule has 0 aliphatic heterocycles. The summed E-state index contributed by atoms with van der Waals surface area (Å²) in [7, 11) is 0. The Kier molecular flexibility index (Phi) is 4.69. The summed E-state index contributed by atoms with van der Waals surface area (Å²) in [6.07, 6.45) is 1.60. The second kappa shape index (κ2) is 4.73. The summed E-state index contributed by atoms with van der Waals surface area (Å²) in [5, 5.41) is 6.82. The minimum Gasteiger partial charge on any atom is -0.302 e. The molecule has 1 unspecified atom stereocenters. The van der Waals surface area contributed by atoms with E-state index >= 15 is 0 Å². The summed E-state index contributed by atoms with van der Waals surface area (Å²) in [4.78, 5) is 0. The summed E-state index contributed by atoms with van der Waals surface area (Å²) in [5.41, 5.74) is 0.208. The van der Waals surface area contributed by atoms with Gasteiger partial charge in [0, 0.05) is 5.54 Å². The van der Waals surface area contributed by atoms with E-state index in [0.717, 1.165) is 6.54 Å². The molecule has 0 aliphatic rings. The molecule has 2 heteroatoms. The van der Waals surface area contributed by atoms with Crippen molar-refractivity contribution >= 4 is 0 Å². The van der Waals surface area contributed by atoms with E-state index in [1.165, 1.54) is 6.42 Å². The lowest BCUT2D eigenvalue weighted by Gasteiger charge is -2.26. The maximum Gasteiger partial charge on any atom is 0.0546 e. The van der Waals surface area contributed by atoms with Crippen molar-refractivity contribution in [2.75, 3.05) is 6.54 Å². The third kappa shape index (κ3) is 7.82. The zero-order chi connectivity index (χ0) is 8.91. The Morgan fingerprint density at radius 2 is 1.82 bits per heavy atom. The highest BCUT2D eigenvalue weighted by atomic mass is 15.1. The van der Waals surface area contributed by atoms with Gasteiger partial charge >= 0.3 is 0 Å². The van der Waals surface area contributed by atoms with Gasteiger partial charge in [-0.15, -0.1) is 0 Å². The first-order chi connectivity index (χ1) is 4.95. The Morgan fingerprint density at radius 3 is 2.18 bits per heavy atom. The third-order valence-corrected chi connectivity index (χ3v) is 1.35. The lowest BCUT2D eigenvalue weighted by molar-refractivity contribution is 0.334. The highest BCUT2D eigenvalue weighted by molar-refractivity contribution is 4.73. The van der Waals surface area contributed by atoms with E-state index in [0.29, 0.717) is 6.17 Å². The molecule has 0 spiro atoms. The van der Waals surface area contributed by atoms with Gasteiger partial charge in [0.25, 0.3) is 0 Å². The maximum atomic E-state index is 3.44. The Hall–Kier alpha value is -0.0800. The zero-order valence-corrected chi connectivity index (χ0v) is 8.49. The first-order valence-corrected chi connectivity index (χ1v) is 4.47. The van der Waals surface area contributed by atoms with Crippen LogP contribution in [0.15, 0.2) is 0 Å². The molecule has 11 heavy (non-hydrogen) atoms. The molecule has 2 nitrogen and oxygen atoms in total. The van der Waals surface area contributed by atoms with Crippen LogP contribution in [0.25, 0.3) is 0 Å². The second-order valence-electron chi connectivity index (χ2n) is 4.07. The van der Waals surface area contributed by atoms with Gasteiger partial charge in [-0.3, -0.25) is 5.32 Å². The number of hydrogen-bond donors (Lipinski definition) is 2. The zero-order valence-electron chi connectivity index (χ0n) is 8.49. The molecular formula is C9H22N2. The van der Waals surface area contributed by atoms with Crippen LogP contribution in [0.4, 0.5) is 0 Å². The number of hydrogen-bond acceptors (Lipinski definition) is 2. The van der Waals surface area contributed by atoms with E-state index in [4.69, 9.17) is 0 Å². The standard InChI is InChI=1S/C9H22N2/c1-6-7-10-8(2)11-9(3,4)5/h8,10-11H,6-7H2,1-5H3. The van der Waals surface area contributed by atoms with Crippen LogP contribution in [0.5, 0.6) is 0 Å². The third-order valence-electron chi connectivity index (χ3n) is 1.35. The molecule has 68 valence electrons. The quantitative estimate of drug-likeness (QED) is 0.609. The predicted molar refractivity (Wildman–Crippen MR) is 50.6 cm³/mol. The average molecular weight is 158 g/mol. The molecule has 0 amide bonds. The van der Waals surface area contributed by atoms with Crippen LogP contribution in [0.1, 0.15) is 41.0 Å². The predicted octanol–water partition coefficient (Wildman–Crippen LogP) is 1.72. The van der Waals surface area contributed by atoms with Gasteiger partial charge in [-0.25, -0.2) is 0 Å². The topological polar surface area (TPSA) is 24.1 Å². The molecule has 0 aliphatic carbocycles. The van der Waals surface area contributed by atoms with Crippen molar-refractivity contribution in [2.45, 2.75) is 52.7 Å². The fourth-order valence-electron chi connectivity index (χ4n) is 1.06. The van der Waals surface area contributed by atoms with Gasteiger partial charge in [-0.2, -0.15) is 0 Å². The monoisotopic (exact) mass is 158 g/mol. The van der Waals surface area contributed by atoms with E-state index in [-0.39, 0.29) is 5.54 Å². The van der Waals surface area contributed by atoms with E-state index in [9.17, 15) is 0 Å². The lowest BCUT2D eigenvalue weighted by Crippen LogP contribution is -2.49. The van der Waals surface area contributed by atoms with E-state index in [1.807, 2.05) is 0 Å². The molecule has 0 radical (unpaired) electrons. The lowest BCUT2D eigenvalue weighted by atomic mass is 10.1. The van der Waals surface area contributed by atoms with E-state index in [1.54, 1.807) is 0 Å². The van der Waals surface area contributed by atoms with E-state index in [2.05, 4.69) is 45.3 Å². The Labute approximate surface area is 70.8 Å². The Bertz CT molecular complexity index is 94.2. The van der Waals surface area contributed by atoms with Crippen molar-refractivity contribution in [3.63, 3.8) is 0 Å². The van der Waals surface area contributed by atoms with Crippen LogP contribution in [0.3, 0.4) is 0 Å². The van der Waals surface area contributed by atoms with Crippen molar-refractivity contribution in [1.29, 1.82) is 0 Å². The summed E-state index contributed by atoms with van der Waals surface area (Å²) >= 11 is 0. The van der Waals surface area contributed by atoms with Crippen LogP contribution in [-0.4, -0.2) is 18.2 Å². The van der Waals surface area contributed by atoms with Crippen molar-refractivity contribution in [1.82, 2.24) is 10.6 Å². The van der Waals surface area contributed by atoms with Crippen LogP contribution in [0.2, 0.25) is 0 Å². The molecule has 2 N–H and O–H groups in total. The summed E-state index contributed by atoms with van der Waals surface area (Å²) in [6.45, 7) is 12.0. The number of nitrogens with one attached hydrogen (secondary N) is 2. The molecule has 0 aromatic rings. The van der Waals surface area contributed by atoms with Crippen LogP contribution in [-0.2, 0) is 0 Å². The number of rotatable bonds is 4. The Balaban J connectivity index is 3.44. The normalized spacial score (nSPS) is 15.0. The van der Waals surface area contributed by atoms with Gasteiger partial charge in [0.15, 0.2) is 0 Å². The van der Waals surface area contributed by atoms with E-state index < -0.39 is 0 Å². The fourth-order valence-corrected chi connectivity index (χ4v) is 1.06. The van der Waals surface area contributed by atoms with Crippen LogP contribution >= 0.6 is 0 Å². The molecule has 0 aromatic carbocycles. The molecule has 0 heterocycles. The smallest absolute Gasteiger partial charge is 0.0546 e. The summed E-state index contributed by atoms with van der Waals surface area (Å²) in [5.74, 6) is 0. The average Bonchev–Trinajstić information content (AvgIpc) is 1.79. The first-order valence-electron chi connectivity index (χ1n) is 4.47.